The summed E-state index contributed by atoms with van der Waals surface area (Å²) in [5, 5.41) is 6.08. The van der Waals surface area contributed by atoms with Gasteiger partial charge in [0.2, 0.25) is 0 Å². The van der Waals surface area contributed by atoms with E-state index < -0.39 is 0 Å². The average molecular weight is 273 g/mol. The molecule has 0 spiro atoms. The van der Waals surface area contributed by atoms with Crippen molar-refractivity contribution in [2.75, 3.05) is 12.4 Å². The van der Waals surface area contributed by atoms with E-state index >= 15 is 0 Å². The maximum Gasteiger partial charge on any atom is 0.163 e. The van der Waals surface area contributed by atoms with Crippen molar-refractivity contribution in [3.63, 3.8) is 0 Å². The highest BCUT2D eigenvalue weighted by Crippen LogP contribution is 2.29. The molecule has 3 aromatic rings. The van der Waals surface area contributed by atoms with Gasteiger partial charge in [-0.3, -0.25) is 0 Å². The fourth-order valence-electron chi connectivity index (χ4n) is 2.04. The van der Waals surface area contributed by atoms with Crippen LogP contribution >= 0.6 is 11.3 Å². The third-order valence-corrected chi connectivity index (χ3v) is 3.80. The van der Waals surface area contributed by atoms with Crippen molar-refractivity contribution in [1.82, 2.24) is 9.97 Å². The Morgan fingerprint density at radius 1 is 1.21 bits per heavy atom. The SMILES string of the molecule is CNc1nc(-c2ccc(F)cc2C)nc2sccc12. The minimum Gasteiger partial charge on any atom is -0.372 e. The van der Waals surface area contributed by atoms with Gasteiger partial charge in [-0.05, 0) is 42.1 Å². The monoisotopic (exact) mass is 273 g/mol. The van der Waals surface area contributed by atoms with Gasteiger partial charge in [-0.25, -0.2) is 14.4 Å². The Morgan fingerprint density at radius 3 is 2.79 bits per heavy atom. The van der Waals surface area contributed by atoms with E-state index in [-0.39, 0.29) is 5.82 Å². The Balaban J connectivity index is 2.24. The summed E-state index contributed by atoms with van der Waals surface area (Å²) in [6.45, 7) is 1.86. The van der Waals surface area contributed by atoms with E-state index in [0.29, 0.717) is 5.82 Å². The van der Waals surface area contributed by atoms with Gasteiger partial charge in [0, 0.05) is 12.6 Å². The van der Waals surface area contributed by atoms with Crippen molar-refractivity contribution in [2.45, 2.75) is 6.92 Å². The summed E-state index contributed by atoms with van der Waals surface area (Å²) in [5.74, 6) is 1.18. The predicted octanol–water partition coefficient (Wildman–Crippen LogP) is 3.85. The van der Waals surface area contributed by atoms with E-state index in [1.807, 2.05) is 25.4 Å². The van der Waals surface area contributed by atoms with Crippen LogP contribution in [0.15, 0.2) is 29.6 Å². The predicted molar refractivity (Wildman–Crippen MR) is 77.1 cm³/mol. The first-order valence-corrected chi connectivity index (χ1v) is 6.76. The number of hydrogen-bond donors (Lipinski definition) is 1. The third kappa shape index (κ3) is 2.06. The van der Waals surface area contributed by atoms with E-state index in [1.54, 1.807) is 17.4 Å². The Kier molecular flexibility index (Phi) is 2.91. The molecule has 5 heteroatoms. The molecular weight excluding hydrogens is 261 g/mol. The molecule has 2 aromatic heterocycles. The second-order valence-electron chi connectivity index (χ2n) is 4.24. The molecule has 0 atom stereocenters. The highest BCUT2D eigenvalue weighted by Gasteiger charge is 2.11. The molecule has 0 aliphatic heterocycles. The molecule has 3 rings (SSSR count). The first-order valence-electron chi connectivity index (χ1n) is 5.88. The number of nitrogens with one attached hydrogen (secondary N) is 1. The molecule has 0 unspecified atom stereocenters. The smallest absolute Gasteiger partial charge is 0.163 e. The van der Waals surface area contributed by atoms with Gasteiger partial charge in [0.1, 0.15) is 16.5 Å². The molecular formula is C14H12FN3S. The zero-order valence-electron chi connectivity index (χ0n) is 10.6. The van der Waals surface area contributed by atoms with Crippen LogP contribution < -0.4 is 5.32 Å². The summed E-state index contributed by atoms with van der Waals surface area (Å²) in [6.07, 6.45) is 0. The number of thiophene rings is 1. The molecule has 0 radical (unpaired) electrons. The van der Waals surface area contributed by atoms with Crippen molar-refractivity contribution in [3.05, 3.63) is 41.0 Å². The highest BCUT2D eigenvalue weighted by molar-refractivity contribution is 7.16. The fraction of sp³-hybridized carbons (Fsp3) is 0.143. The first-order chi connectivity index (χ1) is 9.19. The van der Waals surface area contributed by atoms with Crippen molar-refractivity contribution in [2.24, 2.45) is 0 Å². The van der Waals surface area contributed by atoms with Gasteiger partial charge in [-0.2, -0.15) is 0 Å². The number of rotatable bonds is 2. The molecule has 1 N–H and O–H groups in total. The Morgan fingerprint density at radius 2 is 2.05 bits per heavy atom. The fourth-order valence-corrected chi connectivity index (χ4v) is 2.81. The summed E-state index contributed by atoms with van der Waals surface area (Å²) >= 11 is 1.57. The van der Waals surface area contributed by atoms with Crippen molar-refractivity contribution in [3.8, 4) is 11.4 Å². The van der Waals surface area contributed by atoms with Crippen molar-refractivity contribution >= 4 is 27.4 Å². The summed E-state index contributed by atoms with van der Waals surface area (Å²) in [5.41, 5.74) is 1.69. The number of nitrogens with zero attached hydrogens (tertiary/aromatic N) is 2. The quantitative estimate of drug-likeness (QED) is 0.770. The van der Waals surface area contributed by atoms with E-state index in [2.05, 4.69) is 15.3 Å². The topological polar surface area (TPSA) is 37.8 Å². The number of halogens is 1. The van der Waals surface area contributed by atoms with Crippen LogP contribution in [0.3, 0.4) is 0 Å². The van der Waals surface area contributed by atoms with E-state index in [4.69, 9.17) is 0 Å². The lowest BCUT2D eigenvalue weighted by atomic mass is 10.1. The maximum atomic E-state index is 13.2. The van der Waals surface area contributed by atoms with E-state index in [9.17, 15) is 4.39 Å². The molecule has 19 heavy (non-hydrogen) atoms. The van der Waals surface area contributed by atoms with Crippen LogP contribution in [0.2, 0.25) is 0 Å². The van der Waals surface area contributed by atoms with Crippen LogP contribution in [0.25, 0.3) is 21.6 Å². The molecule has 0 saturated heterocycles. The maximum absolute atomic E-state index is 13.2. The second-order valence-corrected chi connectivity index (χ2v) is 5.14. The average Bonchev–Trinajstić information content (AvgIpc) is 2.85. The molecule has 3 nitrogen and oxygen atoms in total. The van der Waals surface area contributed by atoms with Crippen molar-refractivity contribution < 1.29 is 4.39 Å². The second kappa shape index (κ2) is 4.59. The molecule has 0 aliphatic carbocycles. The Bertz CT molecular complexity index is 752. The van der Waals surface area contributed by atoms with Crippen LogP contribution in [0.5, 0.6) is 0 Å². The third-order valence-electron chi connectivity index (χ3n) is 2.99. The van der Waals surface area contributed by atoms with Crippen LogP contribution in [0, 0.1) is 12.7 Å². The van der Waals surface area contributed by atoms with Gasteiger partial charge in [0.15, 0.2) is 5.82 Å². The van der Waals surface area contributed by atoms with Crippen molar-refractivity contribution in [1.29, 1.82) is 0 Å². The van der Waals surface area contributed by atoms with Gasteiger partial charge >= 0.3 is 0 Å². The Hall–Kier alpha value is -2.01. The summed E-state index contributed by atoms with van der Waals surface area (Å²) in [7, 11) is 1.83. The minimum atomic E-state index is -0.243. The lowest BCUT2D eigenvalue weighted by molar-refractivity contribution is 0.627. The number of hydrogen-bond acceptors (Lipinski definition) is 4. The zero-order valence-corrected chi connectivity index (χ0v) is 11.4. The lowest BCUT2D eigenvalue weighted by Crippen LogP contribution is -1.98. The molecule has 0 amide bonds. The molecule has 0 fully saturated rings. The van der Waals surface area contributed by atoms with Gasteiger partial charge in [0.05, 0.1) is 5.39 Å². The Labute approximate surface area is 114 Å². The molecule has 1 aromatic carbocycles. The highest BCUT2D eigenvalue weighted by atomic mass is 32.1. The largest absolute Gasteiger partial charge is 0.372 e. The van der Waals surface area contributed by atoms with Gasteiger partial charge in [0.25, 0.3) is 0 Å². The van der Waals surface area contributed by atoms with E-state index in [1.165, 1.54) is 12.1 Å². The number of benzene rings is 1. The summed E-state index contributed by atoms with van der Waals surface area (Å²) in [6, 6.07) is 6.64. The number of aromatic nitrogens is 2. The van der Waals surface area contributed by atoms with Gasteiger partial charge in [-0.1, -0.05) is 0 Å². The van der Waals surface area contributed by atoms with Crippen LogP contribution in [0.1, 0.15) is 5.56 Å². The molecule has 2 heterocycles. The zero-order chi connectivity index (χ0) is 13.4. The summed E-state index contributed by atoms with van der Waals surface area (Å²) in [4.78, 5) is 9.99. The number of aryl methyl sites for hydroxylation is 1. The first kappa shape index (κ1) is 12.0. The minimum absolute atomic E-state index is 0.243. The molecule has 0 saturated carbocycles. The van der Waals surface area contributed by atoms with Gasteiger partial charge in [-0.15, -0.1) is 11.3 Å². The lowest BCUT2D eigenvalue weighted by Gasteiger charge is -2.07. The van der Waals surface area contributed by atoms with E-state index in [0.717, 1.165) is 27.2 Å². The molecule has 0 aliphatic rings. The molecule has 0 bridgehead atoms. The van der Waals surface area contributed by atoms with Crippen LogP contribution in [0.4, 0.5) is 10.2 Å². The van der Waals surface area contributed by atoms with Crippen LogP contribution in [-0.2, 0) is 0 Å². The number of anilines is 1. The standard InChI is InChI=1S/C14H12FN3S/c1-8-7-9(15)3-4-10(8)13-17-12(16-2)11-5-6-19-14(11)18-13/h3-7H,1-2H3,(H,16,17,18). The van der Waals surface area contributed by atoms with Crippen LogP contribution in [-0.4, -0.2) is 17.0 Å². The molecule has 96 valence electrons. The number of fused-ring (bicyclic) bond motifs is 1. The van der Waals surface area contributed by atoms with Gasteiger partial charge < -0.3 is 5.32 Å². The summed E-state index contributed by atoms with van der Waals surface area (Å²) < 4.78 is 13.2. The normalized spacial score (nSPS) is 10.9.